The average molecular weight is 395 g/mol. The number of benzene rings is 1. The smallest absolute Gasteiger partial charge is 0.275 e. The van der Waals surface area contributed by atoms with E-state index >= 15 is 0 Å². The second kappa shape index (κ2) is 7.29. The Kier molecular flexibility index (Phi) is 4.33. The third-order valence-corrected chi connectivity index (χ3v) is 5.04. The van der Waals surface area contributed by atoms with Crippen molar-refractivity contribution in [2.24, 2.45) is 0 Å². The van der Waals surface area contributed by atoms with Gasteiger partial charge < -0.3 is 10.7 Å². The monoisotopic (exact) mass is 395 g/mol. The summed E-state index contributed by atoms with van der Waals surface area (Å²) in [5.74, 6) is 6.33. The van der Waals surface area contributed by atoms with Crippen LogP contribution in [-0.4, -0.2) is 29.9 Å². The summed E-state index contributed by atoms with van der Waals surface area (Å²) in [7, 11) is 0. The molecule has 3 aromatic heterocycles. The van der Waals surface area contributed by atoms with Crippen molar-refractivity contribution in [3.05, 3.63) is 93.4 Å². The number of pyridine rings is 1. The van der Waals surface area contributed by atoms with Gasteiger partial charge in [-0.05, 0) is 24.5 Å². The molecule has 1 unspecified atom stereocenters. The zero-order chi connectivity index (χ0) is 20.5. The molecule has 0 bridgehead atoms. The van der Waals surface area contributed by atoms with Crippen molar-refractivity contribution >= 4 is 5.95 Å². The summed E-state index contributed by atoms with van der Waals surface area (Å²) >= 11 is 0. The number of nitrogens with zero attached hydrogens (tertiary/aromatic N) is 5. The summed E-state index contributed by atoms with van der Waals surface area (Å²) in [6.07, 6.45) is 6.46. The highest BCUT2D eigenvalue weighted by atomic mass is 16.1. The van der Waals surface area contributed by atoms with Gasteiger partial charge >= 0.3 is 0 Å². The summed E-state index contributed by atoms with van der Waals surface area (Å²) in [5, 5.41) is 9.22. The second-order valence-electron chi connectivity index (χ2n) is 7.01. The quantitative estimate of drug-likeness (QED) is 0.500. The zero-order valence-corrected chi connectivity index (χ0v) is 15.9. The molecular weight excluding hydrogens is 378 g/mol. The first-order valence-corrected chi connectivity index (χ1v) is 9.51. The van der Waals surface area contributed by atoms with Gasteiger partial charge in [-0.25, -0.2) is 9.97 Å². The molecule has 3 heterocycles. The summed E-state index contributed by atoms with van der Waals surface area (Å²) < 4.78 is 0. The van der Waals surface area contributed by atoms with Crippen molar-refractivity contribution < 1.29 is 0 Å². The van der Waals surface area contributed by atoms with Gasteiger partial charge in [-0.2, -0.15) is 10.2 Å². The van der Waals surface area contributed by atoms with Gasteiger partial charge in [-0.1, -0.05) is 42.2 Å². The number of aromatic amines is 1. The number of hydrogen-bond donors (Lipinski definition) is 2. The van der Waals surface area contributed by atoms with Crippen LogP contribution in [0, 0.1) is 11.8 Å². The Morgan fingerprint density at radius 3 is 2.63 bits per heavy atom. The van der Waals surface area contributed by atoms with Crippen molar-refractivity contribution in [2.75, 3.05) is 5.73 Å². The number of aryl methyl sites for hydroxylation is 1. The van der Waals surface area contributed by atoms with E-state index in [0.29, 0.717) is 16.8 Å². The summed E-state index contributed by atoms with van der Waals surface area (Å²) in [6, 6.07) is 11.9. The van der Waals surface area contributed by atoms with Gasteiger partial charge in [-0.15, -0.1) is 4.80 Å². The molecule has 0 radical (unpaired) electrons. The molecular formula is C22H17N7O. The SMILES string of the molecule is Nc1ncc(C#Cc2c[nH]c(=O)c(-n3nc4c(n3)C(c3ccccc3)CC4)c2)cn1. The van der Waals surface area contributed by atoms with Crippen molar-refractivity contribution in [3.63, 3.8) is 0 Å². The molecule has 8 nitrogen and oxygen atoms in total. The number of fused-ring (bicyclic) bond motifs is 1. The van der Waals surface area contributed by atoms with Crippen LogP contribution in [0.25, 0.3) is 5.69 Å². The number of nitrogen functional groups attached to an aromatic ring is 1. The maximum atomic E-state index is 12.4. The number of aromatic nitrogens is 6. The number of rotatable bonds is 2. The maximum Gasteiger partial charge on any atom is 0.275 e. The van der Waals surface area contributed by atoms with Crippen LogP contribution in [0.1, 0.15) is 40.4 Å². The van der Waals surface area contributed by atoms with Crippen LogP contribution < -0.4 is 11.3 Å². The lowest BCUT2D eigenvalue weighted by Crippen LogP contribution is -2.17. The first-order chi connectivity index (χ1) is 14.7. The highest BCUT2D eigenvalue weighted by molar-refractivity contribution is 5.45. The molecule has 4 aromatic rings. The molecule has 0 amide bonds. The van der Waals surface area contributed by atoms with Crippen molar-refractivity contribution in [3.8, 4) is 17.5 Å². The summed E-state index contributed by atoms with van der Waals surface area (Å²) in [4.78, 5) is 24.4. The van der Waals surface area contributed by atoms with Crippen LogP contribution in [0.3, 0.4) is 0 Å². The Morgan fingerprint density at radius 2 is 1.83 bits per heavy atom. The van der Waals surface area contributed by atoms with Gasteiger partial charge in [0.25, 0.3) is 5.56 Å². The standard InChI is InChI=1S/C22H17N7O/c23-22-25-12-15(13-26-22)7-6-14-10-19(21(30)24-11-14)29-27-18-9-8-17(20(18)28-29)16-4-2-1-3-5-16/h1-5,10-13,17H,8-9H2,(H,24,30)(H2,23,25,26). The molecule has 0 spiro atoms. The van der Waals surface area contributed by atoms with Crippen LogP contribution in [-0.2, 0) is 6.42 Å². The van der Waals surface area contributed by atoms with Crippen molar-refractivity contribution in [1.29, 1.82) is 0 Å². The normalized spacial score (nSPS) is 14.7. The van der Waals surface area contributed by atoms with Gasteiger partial charge in [0.1, 0.15) is 0 Å². The Bertz CT molecular complexity index is 1330. The largest absolute Gasteiger partial charge is 0.368 e. The Morgan fingerprint density at radius 1 is 1.07 bits per heavy atom. The first kappa shape index (κ1) is 17.8. The predicted molar refractivity (Wildman–Crippen MR) is 111 cm³/mol. The summed E-state index contributed by atoms with van der Waals surface area (Å²) in [6.45, 7) is 0. The van der Waals surface area contributed by atoms with Crippen molar-refractivity contribution in [1.82, 2.24) is 29.9 Å². The van der Waals surface area contributed by atoms with Crippen LogP contribution in [0.5, 0.6) is 0 Å². The predicted octanol–water partition coefficient (Wildman–Crippen LogP) is 1.81. The lowest BCUT2D eigenvalue weighted by molar-refractivity contribution is 0.666. The van der Waals surface area contributed by atoms with Crippen LogP contribution in [0.15, 0.2) is 59.8 Å². The molecule has 0 saturated heterocycles. The topological polar surface area (TPSA) is 115 Å². The Balaban J connectivity index is 1.48. The molecule has 0 fully saturated rings. The van der Waals surface area contributed by atoms with Gasteiger partial charge in [0.15, 0.2) is 5.69 Å². The summed E-state index contributed by atoms with van der Waals surface area (Å²) in [5.41, 5.74) is 9.85. The van der Waals surface area contributed by atoms with E-state index in [9.17, 15) is 4.79 Å². The fourth-order valence-corrected chi connectivity index (χ4v) is 3.57. The van der Waals surface area contributed by atoms with Gasteiger partial charge in [-0.3, -0.25) is 4.79 Å². The third kappa shape index (κ3) is 3.33. The van der Waals surface area contributed by atoms with E-state index in [1.807, 2.05) is 18.2 Å². The first-order valence-electron chi connectivity index (χ1n) is 9.51. The molecule has 1 aliphatic carbocycles. The molecule has 0 saturated carbocycles. The van der Waals surface area contributed by atoms with E-state index in [2.05, 4.69) is 49.1 Å². The number of H-pyrrole nitrogens is 1. The molecule has 0 aliphatic heterocycles. The second-order valence-corrected chi connectivity index (χ2v) is 7.01. The van der Waals surface area contributed by atoms with Gasteiger partial charge in [0.05, 0.1) is 17.0 Å². The highest BCUT2D eigenvalue weighted by Gasteiger charge is 2.29. The van der Waals surface area contributed by atoms with Crippen LogP contribution in [0.4, 0.5) is 5.95 Å². The number of nitrogens with one attached hydrogen (secondary N) is 1. The van der Waals surface area contributed by atoms with E-state index in [1.165, 1.54) is 10.4 Å². The molecule has 3 N–H and O–H groups in total. The van der Waals surface area contributed by atoms with Gasteiger partial charge in [0, 0.05) is 30.1 Å². The fraction of sp³-hybridized carbons (Fsp3) is 0.136. The molecule has 5 rings (SSSR count). The van der Waals surface area contributed by atoms with E-state index in [-0.39, 0.29) is 17.4 Å². The molecule has 1 atom stereocenters. The average Bonchev–Trinajstić information content (AvgIpc) is 3.36. The van der Waals surface area contributed by atoms with Crippen molar-refractivity contribution in [2.45, 2.75) is 18.8 Å². The number of hydrogen-bond acceptors (Lipinski definition) is 6. The minimum atomic E-state index is -0.277. The third-order valence-electron chi connectivity index (χ3n) is 5.04. The van der Waals surface area contributed by atoms with E-state index in [0.717, 1.165) is 24.2 Å². The Labute approximate surface area is 171 Å². The fourth-order valence-electron chi connectivity index (χ4n) is 3.57. The Hall–Kier alpha value is -4.25. The zero-order valence-electron chi connectivity index (χ0n) is 15.9. The molecule has 1 aliphatic rings. The van der Waals surface area contributed by atoms with Crippen LogP contribution >= 0.6 is 0 Å². The molecule has 30 heavy (non-hydrogen) atoms. The van der Waals surface area contributed by atoms with E-state index in [4.69, 9.17) is 5.73 Å². The molecule has 1 aromatic carbocycles. The minimum absolute atomic E-state index is 0.193. The maximum absolute atomic E-state index is 12.4. The lowest BCUT2D eigenvalue weighted by atomic mass is 9.97. The minimum Gasteiger partial charge on any atom is -0.368 e. The molecule has 8 heteroatoms. The highest BCUT2D eigenvalue weighted by Crippen LogP contribution is 2.35. The van der Waals surface area contributed by atoms with Gasteiger partial charge in [0.2, 0.25) is 5.95 Å². The number of nitrogens with two attached hydrogens (primary N) is 1. The van der Waals surface area contributed by atoms with Crippen LogP contribution in [0.2, 0.25) is 0 Å². The van der Waals surface area contributed by atoms with E-state index < -0.39 is 0 Å². The molecule has 146 valence electrons. The lowest BCUT2D eigenvalue weighted by Gasteiger charge is -2.08. The number of anilines is 1. The van der Waals surface area contributed by atoms with E-state index in [1.54, 1.807) is 24.7 Å².